The summed E-state index contributed by atoms with van der Waals surface area (Å²) >= 11 is 3.20. The highest BCUT2D eigenvalue weighted by atomic mass is 79.9. The van der Waals surface area contributed by atoms with Gasteiger partial charge in [-0.05, 0) is 6.92 Å². The summed E-state index contributed by atoms with van der Waals surface area (Å²) in [5.41, 5.74) is 0. The second-order valence-corrected chi connectivity index (χ2v) is 4.12. The molecule has 0 N–H and O–H groups in total. The molecule has 0 aromatic rings. The Morgan fingerprint density at radius 2 is 2.00 bits per heavy atom. The van der Waals surface area contributed by atoms with E-state index < -0.39 is 12.4 Å². The standard InChI is InChI=1S/C10H18BrNO4/c1-5-16-10(13)12(6-8(2)11)7-9(14-3)15-4/h9H,2,5-7H2,1,3-4H3. The molecule has 0 bridgehead atoms. The number of carbonyl (C=O) groups is 1. The van der Waals surface area contributed by atoms with Crippen LogP contribution in [0.25, 0.3) is 0 Å². The van der Waals surface area contributed by atoms with Crippen molar-refractivity contribution < 1.29 is 19.0 Å². The van der Waals surface area contributed by atoms with Crippen molar-refractivity contribution in [2.75, 3.05) is 33.9 Å². The highest BCUT2D eigenvalue weighted by Crippen LogP contribution is 2.08. The Kier molecular flexibility index (Phi) is 8.23. The van der Waals surface area contributed by atoms with Crippen molar-refractivity contribution in [1.29, 1.82) is 0 Å². The van der Waals surface area contributed by atoms with Gasteiger partial charge in [0.15, 0.2) is 6.29 Å². The van der Waals surface area contributed by atoms with Crippen molar-refractivity contribution >= 4 is 22.0 Å². The van der Waals surface area contributed by atoms with E-state index in [0.717, 1.165) is 0 Å². The number of carbonyl (C=O) groups excluding carboxylic acids is 1. The molecule has 0 saturated carbocycles. The third-order valence-corrected chi connectivity index (χ3v) is 2.03. The van der Waals surface area contributed by atoms with E-state index in [4.69, 9.17) is 14.2 Å². The number of halogens is 1. The predicted molar refractivity (Wildman–Crippen MR) is 64.5 cm³/mol. The summed E-state index contributed by atoms with van der Waals surface area (Å²) < 4.78 is 15.6. The van der Waals surface area contributed by atoms with Crippen LogP contribution in [0.1, 0.15) is 6.92 Å². The van der Waals surface area contributed by atoms with E-state index in [1.807, 2.05) is 0 Å². The Morgan fingerprint density at radius 3 is 2.38 bits per heavy atom. The minimum absolute atomic E-state index is 0.288. The van der Waals surface area contributed by atoms with E-state index in [1.165, 1.54) is 19.1 Å². The lowest BCUT2D eigenvalue weighted by Gasteiger charge is -2.25. The molecule has 94 valence electrons. The van der Waals surface area contributed by atoms with Crippen molar-refractivity contribution in [2.45, 2.75) is 13.2 Å². The van der Waals surface area contributed by atoms with E-state index in [1.54, 1.807) is 6.92 Å². The SMILES string of the molecule is C=C(Br)CN(CC(OC)OC)C(=O)OCC. The molecule has 0 aliphatic rings. The van der Waals surface area contributed by atoms with Crippen LogP contribution in [0.4, 0.5) is 4.79 Å². The molecule has 0 saturated heterocycles. The van der Waals surface area contributed by atoms with Crippen LogP contribution in [0.15, 0.2) is 11.1 Å². The van der Waals surface area contributed by atoms with Gasteiger partial charge in [0.25, 0.3) is 0 Å². The van der Waals surface area contributed by atoms with Gasteiger partial charge in [-0.2, -0.15) is 0 Å². The minimum atomic E-state index is -0.476. The molecular formula is C10H18BrNO4. The highest BCUT2D eigenvalue weighted by Gasteiger charge is 2.19. The van der Waals surface area contributed by atoms with E-state index in [2.05, 4.69) is 22.5 Å². The predicted octanol–water partition coefficient (Wildman–Crippen LogP) is 1.97. The first-order valence-corrected chi connectivity index (χ1v) is 5.65. The van der Waals surface area contributed by atoms with E-state index in [0.29, 0.717) is 17.6 Å². The molecule has 0 fully saturated rings. The van der Waals surface area contributed by atoms with Gasteiger partial charge in [-0.1, -0.05) is 22.5 Å². The van der Waals surface area contributed by atoms with E-state index >= 15 is 0 Å². The Labute approximate surface area is 104 Å². The summed E-state index contributed by atoms with van der Waals surface area (Å²) in [7, 11) is 3.03. The van der Waals surface area contributed by atoms with Crippen molar-refractivity contribution in [3.63, 3.8) is 0 Å². The Bertz CT molecular complexity index is 231. The van der Waals surface area contributed by atoms with Gasteiger partial charge in [0.05, 0.1) is 19.7 Å². The molecule has 5 nitrogen and oxygen atoms in total. The Hall–Kier alpha value is -0.590. The lowest BCUT2D eigenvalue weighted by Crippen LogP contribution is -2.40. The number of rotatable bonds is 7. The van der Waals surface area contributed by atoms with Crippen molar-refractivity contribution in [1.82, 2.24) is 4.90 Å². The maximum atomic E-state index is 11.6. The average Bonchev–Trinajstić information content (AvgIpc) is 2.23. The third-order valence-electron chi connectivity index (χ3n) is 1.78. The monoisotopic (exact) mass is 295 g/mol. The molecule has 0 aliphatic heterocycles. The fraction of sp³-hybridized carbons (Fsp3) is 0.700. The Balaban J connectivity index is 4.40. The number of hydrogen-bond acceptors (Lipinski definition) is 4. The van der Waals surface area contributed by atoms with Gasteiger partial charge in [-0.15, -0.1) is 0 Å². The van der Waals surface area contributed by atoms with Crippen LogP contribution >= 0.6 is 15.9 Å². The van der Waals surface area contributed by atoms with Crippen LogP contribution in [0.3, 0.4) is 0 Å². The van der Waals surface area contributed by atoms with Crippen LogP contribution in [-0.2, 0) is 14.2 Å². The molecule has 0 unspecified atom stereocenters. The zero-order valence-electron chi connectivity index (χ0n) is 9.86. The van der Waals surface area contributed by atoms with Crippen molar-refractivity contribution in [2.24, 2.45) is 0 Å². The number of nitrogens with zero attached hydrogens (tertiary/aromatic N) is 1. The lowest BCUT2D eigenvalue weighted by atomic mass is 10.4. The molecule has 0 radical (unpaired) electrons. The van der Waals surface area contributed by atoms with Gasteiger partial charge >= 0.3 is 6.09 Å². The van der Waals surface area contributed by atoms with Crippen LogP contribution in [0.2, 0.25) is 0 Å². The molecule has 0 aliphatic carbocycles. The minimum Gasteiger partial charge on any atom is -0.450 e. The topological polar surface area (TPSA) is 48.0 Å². The fourth-order valence-electron chi connectivity index (χ4n) is 1.05. The van der Waals surface area contributed by atoms with Crippen molar-refractivity contribution in [3.05, 3.63) is 11.1 Å². The number of ether oxygens (including phenoxy) is 3. The Morgan fingerprint density at radius 1 is 1.44 bits per heavy atom. The van der Waals surface area contributed by atoms with Gasteiger partial charge in [-0.25, -0.2) is 4.79 Å². The van der Waals surface area contributed by atoms with Gasteiger partial charge < -0.3 is 14.2 Å². The van der Waals surface area contributed by atoms with Crippen LogP contribution in [-0.4, -0.2) is 51.2 Å². The molecule has 0 heterocycles. The summed E-state index contributed by atoms with van der Waals surface area (Å²) in [5.74, 6) is 0. The second-order valence-electron chi connectivity index (χ2n) is 3.00. The molecule has 0 aromatic carbocycles. The largest absolute Gasteiger partial charge is 0.450 e. The van der Waals surface area contributed by atoms with Gasteiger partial charge in [0.1, 0.15) is 0 Å². The molecule has 0 spiro atoms. The molecular weight excluding hydrogens is 278 g/mol. The summed E-state index contributed by atoms with van der Waals surface area (Å²) in [4.78, 5) is 13.0. The second kappa shape index (κ2) is 8.55. The zero-order chi connectivity index (χ0) is 12.6. The van der Waals surface area contributed by atoms with Crippen LogP contribution in [0.5, 0.6) is 0 Å². The molecule has 0 aromatic heterocycles. The van der Waals surface area contributed by atoms with E-state index in [-0.39, 0.29) is 6.54 Å². The molecule has 1 amide bonds. The highest BCUT2D eigenvalue weighted by molar-refractivity contribution is 9.11. The average molecular weight is 296 g/mol. The molecule has 16 heavy (non-hydrogen) atoms. The van der Waals surface area contributed by atoms with Gasteiger partial charge in [-0.3, -0.25) is 4.90 Å². The summed E-state index contributed by atoms with van der Waals surface area (Å²) in [6.07, 6.45) is -0.890. The normalized spacial score (nSPS) is 10.3. The van der Waals surface area contributed by atoms with Gasteiger partial charge in [0, 0.05) is 18.7 Å². The van der Waals surface area contributed by atoms with Gasteiger partial charge in [0.2, 0.25) is 0 Å². The summed E-state index contributed by atoms with van der Waals surface area (Å²) in [5, 5.41) is 0. The summed E-state index contributed by atoms with van der Waals surface area (Å²) in [6, 6.07) is 0. The number of methoxy groups -OCH3 is 2. The summed E-state index contributed by atoms with van der Waals surface area (Å²) in [6.45, 7) is 6.40. The zero-order valence-corrected chi connectivity index (χ0v) is 11.4. The number of amides is 1. The lowest BCUT2D eigenvalue weighted by molar-refractivity contribution is -0.112. The third kappa shape index (κ3) is 6.09. The van der Waals surface area contributed by atoms with E-state index in [9.17, 15) is 4.79 Å². The maximum Gasteiger partial charge on any atom is 0.410 e. The van der Waals surface area contributed by atoms with Crippen LogP contribution < -0.4 is 0 Å². The number of hydrogen-bond donors (Lipinski definition) is 0. The first-order valence-electron chi connectivity index (χ1n) is 4.85. The smallest absolute Gasteiger partial charge is 0.410 e. The molecule has 0 rings (SSSR count). The molecule has 6 heteroatoms. The quantitative estimate of drug-likeness (QED) is 0.674. The first kappa shape index (κ1) is 15.4. The maximum absolute atomic E-state index is 11.6. The first-order chi connectivity index (χ1) is 7.54. The fourth-order valence-corrected chi connectivity index (χ4v) is 1.35. The molecule has 0 atom stereocenters. The van der Waals surface area contributed by atoms with Crippen LogP contribution in [0, 0.1) is 0 Å². The van der Waals surface area contributed by atoms with Crippen molar-refractivity contribution in [3.8, 4) is 0 Å².